The molecule has 0 bridgehead atoms. The topological polar surface area (TPSA) is 41.8 Å². The van der Waals surface area contributed by atoms with Crippen molar-refractivity contribution in [2.45, 2.75) is 31.7 Å². The van der Waals surface area contributed by atoms with Gasteiger partial charge in [-0.2, -0.15) is 10.2 Å². The molecule has 0 radical (unpaired) electrons. The van der Waals surface area contributed by atoms with Crippen LogP contribution in [-0.4, -0.2) is 11.3 Å². The first-order chi connectivity index (χ1) is 8.13. The van der Waals surface area contributed by atoms with Gasteiger partial charge >= 0.3 is 0 Å². The summed E-state index contributed by atoms with van der Waals surface area (Å²) in [4.78, 5) is 11.5. The molecule has 0 saturated heterocycles. The molecule has 1 aromatic rings. The lowest BCUT2D eigenvalue weighted by Gasteiger charge is -2.01. The van der Waals surface area contributed by atoms with Crippen LogP contribution in [0.1, 0.15) is 26.2 Å². The van der Waals surface area contributed by atoms with E-state index in [1.54, 1.807) is 24.3 Å². The van der Waals surface area contributed by atoms with Crippen molar-refractivity contribution in [3.63, 3.8) is 0 Å². The molecular weight excluding hydrogens is 259 g/mol. The summed E-state index contributed by atoms with van der Waals surface area (Å²) in [5, 5.41) is 8.29. The Morgan fingerprint density at radius 1 is 1.35 bits per heavy atom. The number of carbonyl (C=O) groups is 1. The first kappa shape index (κ1) is 14.1. The Balaban J connectivity index is 2.52. The van der Waals surface area contributed by atoms with Gasteiger partial charge in [0.25, 0.3) is 0 Å². The molecule has 0 saturated carbocycles. The summed E-state index contributed by atoms with van der Waals surface area (Å²) in [6.45, 7) is 2.02. The minimum atomic E-state index is -0.891. The number of Topliss-reactive ketones (excluding diaryl/α,β-unsaturated/α-hetero) is 1. The maximum absolute atomic E-state index is 11.5. The molecular formula is C12H14Cl2N2O. The molecule has 1 atom stereocenters. The van der Waals surface area contributed by atoms with Crippen LogP contribution in [0.5, 0.6) is 0 Å². The molecule has 92 valence electrons. The second kappa shape index (κ2) is 7.41. The Morgan fingerprint density at radius 2 is 2.00 bits per heavy atom. The van der Waals surface area contributed by atoms with Gasteiger partial charge in [-0.25, -0.2) is 0 Å². The third-order valence-corrected chi connectivity index (χ3v) is 2.73. The molecule has 1 rings (SSSR count). The SMILES string of the molecule is CCCCC(=O)C(Cl)N=Nc1ccc(Cl)cc1. The normalized spacial score (nSPS) is 12.9. The molecule has 5 heteroatoms. The van der Waals surface area contributed by atoms with Gasteiger partial charge in [-0.05, 0) is 30.7 Å². The summed E-state index contributed by atoms with van der Waals surface area (Å²) in [5.41, 5.74) is -0.263. The molecule has 0 aliphatic heterocycles. The Labute approximate surface area is 111 Å². The lowest BCUT2D eigenvalue weighted by Crippen LogP contribution is -2.10. The highest BCUT2D eigenvalue weighted by atomic mass is 35.5. The Hall–Kier alpha value is -0.930. The number of unbranched alkanes of at least 4 members (excludes halogenated alkanes) is 1. The van der Waals surface area contributed by atoms with E-state index >= 15 is 0 Å². The van der Waals surface area contributed by atoms with Crippen LogP contribution in [-0.2, 0) is 4.79 Å². The number of hydrogen-bond donors (Lipinski definition) is 0. The van der Waals surface area contributed by atoms with E-state index in [-0.39, 0.29) is 5.78 Å². The largest absolute Gasteiger partial charge is 0.296 e. The van der Waals surface area contributed by atoms with E-state index in [1.165, 1.54) is 0 Å². The maximum atomic E-state index is 11.5. The average Bonchev–Trinajstić information content (AvgIpc) is 2.34. The summed E-state index contributed by atoms with van der Waals surface area (Å²) in [5.74, 6) is -0.0915. The number of nitrogens with zero attached hydrogens (tertiary/aromatic N) is 2. The monoisotopic (exact) mass is 272 g/mol. The van der Waals surface area contributed by atoms with Gasteiger partial charge in [0.1, 0.15) is 0 Å². The Morgan fingerprint density at radius 3 is 2.59 bits per heavy atom. The van der Waals surface area contributed by atoms with Crippen LogP contribution >= 0.6 is 23.2 Å². The minimum Gasteiger partial charge on any atom is -0.296 e. The van der Waals surface area contributed by atoms with Gasteiger partial charge in [0.15, 0.2) is 5.78 Å². The number of hydrogen-bond acceptors (Lipinski definition) is 3. The number of alkyl halides is 1. The third kappa shape index (κ3) is 5.29. The molecule has 0 heterocycles. The number of ketones is 1. The van der Waals surface area contributed by atoms with Gasteiger partial charge in [-0.1, -0.05) is 36.5 Å². The molecule has 1 unspecified atom stereocenters. The molecule has 0 spiro atoms. The number of benzene rings is 1. The fraction of sp³-hybridized carbons (Fsp3) is 0.417. The molecule has 1 aromatic carbocycles. The first-order valence-electron chi connectivity index (χ1n) is 5.46. The highest BCUT2D eigenvalue weighted by molar-refractivity contribution is 6.31. The van der Waals surface area contributed by atoms with Crippen molar-refractivity contribution >= 4 is 34.7 Å². The highest BCUT2D eigenvalue weighted by Gasteiger charge is 2.12. The third-order valence-electron chi connectivity index (χ3n) is 2.14. The Kier molecular flexibility index (Phi) is 6.16. The van der Waals surface area contributed by atoms with E-state index < -0.39 is 5.50 Å². The second-order valence-corrected chi connectivity index (χ2v) is 4.45. The van der Waals surface area contributed by atoms with Crippen LogP contribution in [0.2, 0.25) is 5.02 Å². The lowest BCUT2D eigenvalue weighted by atomic mass is 10.2. The van der Waals surface area contributed by atoms with E-state index in [1.807, 2.05) is 6.92 Å². The number of azo groups is 1. The predicted octanol–water partition coefficient (Wildman–Crippen LogP) is 4.75. The quantitative estimate of drug-likeness (QED) is 0.419. The summed E-state index contributed by atoms with van der Waals surface area (Å²) in [6.07, 6.45) is 2.24. The minimum absolute atomic E-state index is 0.0915. The van der Waals surface area contributed by atoms with Crippen molar-refractivity contribution in [2.75, 3.05) is 0 Å². The van der Waals surface area contributed by atoms with Crippen LogP contribution in [0.3, 0.4) is 0 Å². The second-order valence-electron chi connectivity index (χ2n) is 3.60. The van der Waals surface area contributed by atoms with Gasteiger partial charge in [0.2, 0.25) is 5.50 Å². The Bertz CT molecular complexity index is 390. The fourth-order valence-corrected chi connectivity index (χ4v) is 1.44. The standard InChI is InChI=1S/C12H14Cl2N2O/c1-2-3-4-11(17)12(14)16-15-10-7-5-9(13)6-8-10/h5-8,12H,2-4H2,1H3. The van der Waals surface area contributed by atoms with Crippen LogP contribution in [0.25, 0.3) is 0 Å². The van der Waals surface area contributed by atoms with Gasteiger partial charge in [0.05, 0.1) is 5.69 Å². The van der Waals surface area contributed by atoms with Crippen molar-refractivity contribution in [3.8, 4) is 0 Å². The van der Waals surface area contributed by atoms with Gasteiger partial charge < -0.3 is 0 Å². The lowest BCUT2D eigenvalue weighted by molar-refractivity contribution is -0.118. The van der Waals surface area contributed by atoms with E-state index in [4.69, 9.17) is 23.2 Å². The smallest absolute Gasteiger partial charge is 0.202 e. The number of halogens is 2. The van der Waals surface area contributed by atoms with Crippen LogP contribution < -0.4 is 0 Å². The van der Waals surface area contributed by atoms with Crippen LogP contribution in [0.4, 0.5) is 5.69 Å². The summed E-state index contributed by atoms with van der Waals surface area (Å²) in [7, 11) is 0. The molecule has 3 nitrogen and oxygen atoms in total. The number of carbonyl (C=O) groups excluding carboxylic acids is 1. The van der Waals surface area contributed by atoms with Crippen LogP contribution in [0, 0.1) is 0 Å². The molecule has 17 heavy (non-hydrogen) atoms. The van der Waals surface area contributed by atoms with E-state index in [9.17, 15) is 4.79 Å². The summed E-state index contributed by atoms with van der Waals surface area (Å²) >= 11 is 11.5. The van der Waals surface area contributed by atoms with Gasteiger partial charge in [-0.3, -0.25) is 4.79 Å². The molecule has 0 aliphatic carbocycles. The highest BCUT2D eigenvalue weighted by Crippen LogP contribution is 2.18. The molecule has 0 aliphatic rings. The number of rotatable bonds is 6. The zero-order valence-corrected chi connectivity index (χ0v) is 11.1. The van der Waals surface area contributed by atoms with Crippen molar-refractivity contribution in [2.24, 2.45) is 10.2 Å². The predicted molar refractivity (Wildman–Crippen MR) is 70.1 cm³/mol. The van der Waals surface area contributed by atoms with Crippen molar-refractivity contribution < 1.29 is 4.79 Å². The van der Waals surface area contributed by atoms with E-state index in [0.717, 1.165) is 12.8 Å². The van der Waals surface area contributed by atoms with Gasteiger partial charge in [-0.15, -0.1) is 0 Å². The first-order valence-corrected chi connectivity index (χ1v) is 6.28. The molecule has 0 aromatic heterocycles. The van der Waals surface area contributed by atoms with E-state index in [0.29, 0.717) is 17.1 Å². The summed E-state index contributed by atoms with van der Waals surface area (Å²) in [6, 6.07) is 6.84. The average molecular weight is 273 g/mol. The zero-order chi connectivity index (χ0) is 12.7. The van der Waals surface area contributed by atoms with Crippen molar-refractivity contribution in [3.05, 3.63) is 29.3 Å². The van der Waals surface area contributed by atoms with Crippen molar-refractivity contribution in [1.29, 1.82) is 0 Å². The zero-order valence-electron chi connectivity index (χ0n) is 9.57. The van der Waals surface area contributed by atoms with Crippen LogP contribution in [0.15, 0.2) is 34.5 Å². The van der Waals surface area contributed by atoms with E-state index in [2.05, 4.69) is 10.2 Å². The molecule has 0 amide bonds. The maximum Gasteiger partial charge on any atom is 0.202 e. The molecule has 0 N–H and O–H groups in total. The summed E-state index contributed by atoms with van der Waals surface area (Å²) < 4.78 is 0. The fourth-order valence-electron chi connectivity index (χ4n) is 1.16. The van der Waals surface area contributed by atoms with Gasteiger partial charge in [0, 0.05) is 11.4 Å². The molecule has 0 fully saturated rings. The van der Waals surface area contributed by atoms with Crippen molar-refractivity contribution in [1.82, 2.24) is 0 Å².